The molecule has 0 aromatic heterocycles. The first-order valence-corrected chi connectivity index (χ1v) is 7.55. The molecule has 1 aliphatic heterocycles. The van der Waals surface area contributed by atoms with Crippen LogP contribution in [0.15, 0.2) is 47.4 Å². The summed E-state index contributed by atoms with van der Waals surface area (Å²) in [5.74, 6) is 1.52. The Balaban J connectivity index is 1.69. The summed E-state index contributed by atoms with van der Waals surface area (Å²) in [6, 6.07) is 13.4. The van der Waals surface area contributed by atoms with Crippen molar-refractivity contribution in [2.45, 2.75) is 10.8 Å². The summed E-state index contributed by atoms with van der Waals surface area (Å²) < 4.78 is 18.3. The minimum atomic E-state index is -0.334. The SMILES string of the molecule is COc1cc(NCC2CSc3ccccc32)ccc1F. The molecule has 2 nitrogen and oxygen atoms in total. The maximum Gasteiger partial charge on any atom is 0.165 e. The molecule has 0 saturated heterocycles. The quantitative estimate of drug-likeness (QED) is 0.914. The van der Waals surface area contributed by atoms with Gasteiger partial charge in [-0.05, 0) is 23.8 Å². The van der Waals surface area contributed by atoms with E-state index in [4.69, 9.17) is 4.74 Å². The van der Waals surface area contributed by atoms with Crippen LogP contribution in [-0.4, -0.2) is 19.4 Å². The van der Waals surface area contributed by atoms with Crippen molar-refractivity contribution in [1.29, 1.82) is 0 Å². The zero-order valence-electron chi connectivity index (χ0n) is 11.2. The Bertz CT molecular complexity index is 617. The van der Waals surface area contributed by atoms with E-state index in [-0.39, 0.29) is 11.6 Å². The molecule has 0 fully saturated rings. The van der Waals surface area contributed by atoms with E-state index in [2.05, 4.69) is 29.6 Å². The molecule has 1 heterocycles. The van der Waals surface area contributed by atoms with E-state index in [1.54, 1.807) is 12.1 Å². The van der Waals surface area contributed by atoms with Gasteiger partial charge in [0, 0.05) is 34.9 Å². The smallest absolute Gasteiger partial charge is 0.165 e. The second kappa shape index (κ2) is 5.75. The van der Waals surface area contributed by atoms with E-state index in [0.29, 0.717) is 5.92 Å². The summed E-state index contributed by atoms with van der Waals surface area (Å²) >= 11 is 1.90. The first kappa shape index (κ1) is 13.3. The number of anilines is 1. The Labute approximate surface area is 122 Å². The standard InChI is InChI=1S/C16H16FNOS/c1-19-15-8-12(6-7-14(15)17)18-9-11-10-20-16-5-3-2-4-13(11)16/h2-8,11,18H,9-10H2,1H3. The van der Waals surface area contributed by atoms with Gasteiger partial charge in [0.25, 0.3) is 0 Å². The fourth-order valence-electron chi connectivity index (χ4n) is 2.41. The number of benzene rings is 2. The molecule has 0 spiro atoms. The molecule has 0 bridgehead atoms. The number of methoxy groups -OCH3 is 1. The summed E-state index contributed by atoms with van der Waals surface area (Å²) in [6.07, 6.45) is 0. The van der Waals surface area contributed by atoms with Gasteiger partial charge in [0.15, 0.2) is 11.6 Å². The van der Waals surface area contributed by atoms with Crippen LogP contribution in [0.25, 0.3) is 0 Å². The molecule has 4 heteroatoms. The lowest BCUT2D eigenvalue weighted by molar-refractivity contribution is 0.387. The highest BCUT2D eigenvalue weighted by Gasteiger charge is 2.22. The molecule has 1 N–H and O–H groups in total. The summed E-state index contributed by atoms with van der Waals surface area (Å²) in [6.45, 7) is 0.846. The molecule has 2 aromatic carbocycles. The summed E-state index contributed by atoms with van der Waals surface area (Å²) in [7, 11) is 1.48. The number of hydrogen-bond donors (Lipinski definition) is 1. The van der Waals surface area contributed by atoms with Crippen molar-refractivity contribution in [1.82, 2.24) is 0 Å². The molecular weight excluding hydrogens is 273 g/mol. The van der Waals surface area contributed by atoms with Crippen molar-refractivity contribution in [2.24, 2.45) is 0 Å². The number of halogens is 1. The van der Waals surface area contributed by atoms with Crippen LogP contribution in [0.3, 0.4) is 0 Å². The van der Waals surface area contributed by atoms with Gasteiger partial charge in [0.1, 0.15) is 0 Å². The summed E-state index contributed by atoms with van der Waals surface area (Å²) in [5.41, 5.74) is 2.29. The number of nitrogens with one attached hydrogen (secondary N) is 1. The number of ether oxygens (including phenoxy) is 1. The molecular formula is C16H16FNOS. The third kappa shape index (κ3) is 2.61. The van der Waals surface area contributed by atoms with Gasteiger partial charge in [-0.3, -0.25) is 0 Å². The molecule has 0 amide bonds. The average Bonchev–Trinajstić information content (AvgIpc) is 2.90. The molecule has 0 radical (unpaired) electrons. The Morgan fingerprint density at radius 2 is 2.15 bits per heavy atom. The third-order valence-electron chi connectivity index (χ3n) is 3.50. The molecule has 1 atom stereocenters. The molecule has 104 valence electrons. The number of rotatable bonds is 4. The van der Waals surface area contributed by atoms with E-state index in [1.807, 2.05) is 11.8 Å². The van der Waals surface area contributed by atoms with Crippen LogP contribution in [0.5, 0.6) is 5.75 Å². The fraction of sp³-hybridized carbons (Fsp3) is 0.250. The molecule has 1 unspecified atom stereocenters. The average molecular weight is 289 g/mol. The van der Waals surface area contributed by atoms with Crippen LogP contribution < -0.4 is 10.1 Å². The van der Waals surface area contributed by atoms with E-state index in [1.165, 1.54) is 23.6 Å². The van der Waals surface area contributed by atoms with Gasteiger partial charge < -0.3 is 10.1 Å². The zero-order valence-corrected chi connectivity index (χ0v) is 12.0. The largest absolute Gasteiger partial charge is 0.494 e. The van der Waals surface area contributed by atoms with Crippen molar-refractivity contribution in [2.75, 3.05) is 24.7 Å². The Morgan fingerprint density at radius 3 is 3.00 bits per heavy atom. The van der Waals surface area contributed by atoms with Crippen molar-refractivity contribution in [3.8, 4) is 5.75 Å². The maximum atomic E-state index is 13.4. The lowest BCUT2D eigenvalue weighted by Gasteiger charge is -2.14. The van der Waals surface area contributed by atoms with Crippen LogP contribution in [0.2, 0.25) is 0 Å². The normalized spacial score (nSPS) is 16.8. The monoisotopic (exact) mass is 289 g/mol. The van der Waals surface area contributed by atoms with Gasteiger partial charge in [-0.15, -0.1) is 11.8 Å². The molecule has 1 aliphatic rings. The number of fused-ring (bicyclic) bond motifs is 1. The van der Waals surface area contributed by atoms with Crippen LogP contribution in [0, 0.1) is 5.82 Å². The Morgan fingerprint density at radius 1 is 1.30 bits per heavy atom. The van der Waals surface area contributed by atoms with E-state index < -0.39 is 0 Å². The van der Waals surface area contributed by atoms with E-state index in [0.717, 1.165) is 18.0 Å². The van der Waals surface area contributed by atoms with Crippen molar-refractivity contribution >= 4 is 17.4 Å². The third-order valence-corrected chi connectivity index (χ3v) is 4.75. The molecule has 0 aliphatic carbocycles. The van der Waals surface area contributed by atoms with Crippen molar-refractivity contribution in [3.63, 3.8) is 0 Å². The molecule has 2 aromatic rings. The topological polar surface area (TPSA) is 21.3 Å². The highest BCUT2D eigenvalue weighted by molar-refractivity contribution is 7.99. The van der Waals surface area contributed by atoms with E-state index >= 15 is 0 Å². The lowest BCUT2D eigenvalue weighted by atomic mass is 10.0. The lowest BCUT2D eigenvalue weighted by Crippen LogP contribution is -2.12. The van der Waals surface area contributed by atoms with Gasteiger partial charge >= 0.3 is 0 Å². The van der Waals surface area contributed by atoms with Crippen LogP contribution in [0.4, 0.5) is 10.1 Å². The van der Waals surface area contributed by atoms with E-state index in [9.17, 15) is 4.39 Å². The van der Waals surface area contributed by atoms with Gasteiger partial charge in [0.2, 0.25) is 0 Å². The maximum absolute atomic E-state index is 13.4. The van der Waals surface area contributed by atoms with Gasteiger partial charge in [-0.2, -0.15) is 0 Å². The van der Waals surface area contributed by atoms with Crippen molar-refractivity contribution < 1.29 is 9.13 Å². The summed E-state index contributed by atoms with van der Waals surface area (Å²) in [4.78, 5) is 1.37. The van der Waals surface area contributed by atoms with Gasteiger partial charge in [0.05, 0.1) is 7.11 Å². The predicted octanol–water partition coefficient (Wildman–Crippen LogP) is 4.14. The first-order valence-electron chi connectivity index (χ1n) is 6.57. The highest BCUT2D eigenvalue weighted by atomic mass is 32.2. The minimum absolute atomic E-state index is 0.274. The molecule has 3 rings (SSSR count). The summed E-state index contributed by atoms with van der Waals surface area (Å²) in [5, 5.41) is 3.37. The number of thioether (sulfide) groups is 1. The molecule has 0 saturated carbocycles. The second-order valence-corrected chi connectivity index (χ2v) is 5.84. The van der Waals surface area contributed by atoms with Gasteiger partial charge in [-0.1, -0.05) is 18.2 Å². The van der Waals surface area contributed by atoms with Crippen LogP contribution in [0.1, 0.15) is 11.5 Å². The zero-order chi connectivity index (χ0) is 13.9. The second-order valence-electron chi connectivity index (χ2n) is 4.78. The first-order chi connectivity index (χ1) is 9.78. The predicted molar refractivity (Wildman–Crippen MR) is 81.3 cm³/mol. The molecule has 20 heavy (non-hydrogen) atoms. The van der Waals surface area contributed by atoms with Crippen LogP contribution >= 0.6 is 11.8 Å². The van der Waals surface area contributed by atoms with Crippen LogP contribution in [-0.2, 0) is 0 Å². The Kier molecular flexibility index (Phi) is 3.83. The van der Waals surface area contributed by atoms with Gasteiger partial charge in [-0.25, -0.2) is 4.39 Å². The Hall–Kier alpha value is -1.68. The van der Waals surface area contributed by atoms with Crippen molar-refractivity contribution in [3.05, 3.63) is 53.8 Å². The number of hydrogen-bond acceptors (Lipinski definition) is 3. The fourth-order valence-corrected chi connectivity index (χ4v) is 3.66. The highest BCUT2D eigenvalue weighted by Crippen LogP contribution is 2.39. The minimum Gasteiger partial charge on any atom is -0.494 e.